The summed E-state index contributed by atoms with van der Waals surface area (Å²) in [6.07, 6.45) is 3.14. The fourth-order valence-corrected chi connectivity index (χ4v) is 3.88. The fraction of sp³-hybridized carbons (Fsp3) is 0.105. The first-order valence-corrected chi connectivity index (χ1v) is 10.2. The Bertz CT molecular complexity index is 1110. The maximum atomic E-state index is 12.6. The Hall–Kier alpha value is -2.97. The van der Waals surface area contributed by atoms with Crippen LogP contribution in [-0.2, 0) is 22.9 Å². The molecule has 0 unspecified atom stereocenters. The van der Waals surface area contributed by atoms with Crippen molar-refractivity contribution in [1.29, 1.82) is 0 Å². The number of rotatable bonds is 7. The highest BCUT2D eigenvalue weighted by molar-refractivity contribution is 7.92. The van der Waals surface area contributed by atoms with Crippen molar-refractivity contribution in [2.45, 2.75) is 17.7 Å². The second-order valence-corrected chi connectivity index (χ2v) is 8.09. The number of nitro benzene ring substituents is 1. The summed E-state index contributed by atoms with van der Waals surface area (Å²) < 4.78 is 27.6. The lowest BCUT2D eigenvalue weighted by Crippen LogP contribution is -2.13. The van der Waals surface area contributed by atoms with Crippen molar-refractivity contribution < 1.29 is 13.3 Å². The lowest BCUT2D eigenvalue weighted by molar-refractivity contribution is -0.384. The van der Waals surface area contributed by atoms with Crippen molar-refractivity contribution in [2.24, 2.45) is 0 Å². The first-order chi connectivity index (χ1) is 13.3. The van der Waals surface area contributed by atoms with Crippen LogP contribution in [0.15, 0.2) is 71.8 Å². The minimum atomic E-state index is -4.00. The van der Waals surface area contributed by atoms with Crippen molar-refractivity contribution in [3.05, 3.63) is 93.3 Å². The van der Waals surface area contributed by atoms with Crippen molar-refractivity contribution in [3.63, 3.8) is 0 Å². The highest BCUT2D eigenvalue weighted by Crippen LogP contribution is 2.28. The summed E-state index contributed by atoms with van der Waals surface area (Å²) in [5.74, 6) is 0. The molecule has 144 valence electrons. The second-order valence-electron chi connectivity index (χ2n) is 6.00. The number of aromatic nitrogens is 1. The Morgan fingerprint density at radius 2 is 1.86 bits per heavy atom. The standard InChI is InChI=1S/C19H16ClN3O4S/c20-18-10-9-17(13-19(18)23(24)25)28(26,27)22-16-6-3-4-14(12-16)7-8-15-5-1-2-11-21-15/h1-6,9-13,22H,7-8H2. The molecule has 1 heterocycles. The Morgan fingerprint density at radius 1 is 1.04 bits per heavy atom. The van der Waals surface area contributed by atoms with E-state index in [1.165, 1.54) is 12.1 Å². The van der Waals surface area contributed by atoms with Crippen LogP contribution in [0.3, 0.4) is 0 Å². The minimum absolute atomic E-state index is 0.125. The van der Waals surface area contributed by atoms with Crippen molar-refractivity contribution >= 4 is 33.0 Å². The average molecular weight is 418 g/mol. The van der Waals surface area contributed by atoms with Gasteiger partial charge in [-0.1, -0.05) is 29.8 Å². The van der Waals surface area contributed by atoms with Gasteiger partial charge in [0.25, 0.3) is 15.7 Å². The molecule has 0 fully saturated rings. The molecular formula is C19H16ClN3O4S. The molecule has 3 rings (SSSR count). The number of nitrogens with one attached hydrogen (secondary N) is 1. The number of pyridine rings is 1. The maximum absolute atomic E-state index is 12.6. The Labute approximate surface area is 167 Å². The molecule has 3 aromatic rings. The summed E-state index contributed by atoms with van der Waals surface area (Å²) in [5, 5.41) is 10.9. The van der Waals surface area contributed by atoms with Gasteiger partial charge in [0.05, 0.1) is 9.82 Å². The number of halogens is 1. The van der Waals surface area contributed by atoms with Gasteiger partial charge in [-0.3, -0.25) is 19.8 Å². The van der Waals surface area contributed by atoms with Gasteiger partial charge >= 0.3 is 0 Å². The Morgan fingerprint density at radius 3 is 2.57 bits per heavy atom. The molecule has 0 saturated heterocycles. The Kier molecular flexibility index (Phi) is 5.91. The molecule has 28 heavy (non-hydrogen) atoms. The predicted octanol–water partition coefficient (Wildman–Crippen LogP) is 4.23. The van der Waals surface area contributed by atoms with Crippen LogP contribution in [-0.4, -0.2) is 18.3 Å². The first-order valence-electron chi connectivity index (χ1n) is 8.31. The molecule has 0 aliphatic rings. The van der Waals surface area contributed by atoms with Gasteiger partial charge in [0.2, 0.25) is 0 Å². The quantitative estimate of drug-likeness (QED) is 0.457. The largest absolute Gasteiger partial charge is 0.289 e. The third kappa shape index (κ3) is 4.85. The lowest BCUT2D eigenvalue weighted by Gasteiger charge is -2.10. The van der Waals surface area contributed by atoms with Crippen LogP contribution in [0.1, 0.15) is 11.3 Å². The summed E-state index contributed by atoms with van der Waals surface area (Å²) in [7, 11) is -4.00. The van der Waals surface area contributed by atoms with E-state index >= 15 is 0 Å². The molecule has 0 saturated carbocycles. The molecule has 0 amide bonds. The van der Waals surface area contributed by atoms with Crippen LogP contribution in [0.4, 0.5) is 11.4 Å². The van der Waals surface area contributed by atoms with Crippen LogP contribution < -0.4 is 4.72 Å². The second kappa shape index (κ2) is 8.37. The number of hydrogen-bond acceptors (Lipinski definition) is 5. The number of nitrogens with zero attached hydrogens (tertiary/aromatic N) is 2. The zero-order valence-electron chi connectivity index (χ0n) is 14.6. The van der Waals surface area contributed by atoms with Gasteiger partial charge in [-0.25, -0.2) is 8.42 Å². The molecule has 0 atom stereocenters. The SMILES string of the molecule is O=[N+]([O-])c1cc(S(=O)(=O)Nc2cccc(CCc3ccccn3)c2)ccc1Cl. The van der Waals surface area contributed by atoms with E-state index in [2.05, 4.69) is 9.71 Å². The fourth-order valence-electron chi connectivity index (χ4n) is 2.62. The van der Waals surface area contributed by atoms with Crippen molar-refractivity contribution in [3.8, 4) is 0 Å². The lowest BCUT2D eigenvalue weighted by atomic mass is 10.1. The van der Waals surface area contributed by atoms with E-state index in [0.29, 0.717) is 12.1 Å². The molecule has 0 aliphatic heterocycles. The van der Waals surface area contributed by atoms with E-state index in [9.17, 15) is 18.5 Å². The predicted molar refractivity (Wildman–Crippen MR) is 107 cm³/mol. The van der Waals surface area contributed by atoms with Crippen molar-refractivity contribution in [1.82, 2.24) is 4.98 Å². The van der Waals surface area contributed by atoms with E-state index in [0.717, 1.165) is 23.7 Å². The highest BCUT2D eigenvalue weighted by atomic mass is 35.5. The van der Waals surface area contributed by atoms with Gasteiger partial charge in [0.15, 0.2) is 0 Å². The molecule has 0 radical (unpaired) electrons. The monoisotopic (exact) mass is 417 g/mol. The van der Waals surface area contributed by atoms with Gasteiger partial charge in [0, 0.05) is 23.6 Å². The van der Waals surface area contributed by atoms with E-state index in [4.69, 9.17) is 11.6 Å². The molecule has 0 spiro atoms. The van der Waals surface area contributed by atoms with Crippen LogP contribution >= 0.6 is 11.6 Å². The van der Waals surface area contributed by atoms with Crippen LogP contribution in [0.2, 0.25) is 5.02 Å². The molecule has 0 bridgehead atoms. The van der Waals surface area contributed by atoms with E-state index in [-0.39, 0.29) is 9.92 Å². The van der Waals surface area contributed by atoms with Gasteiger partial charge in [0.1, 0.15) is 5.02 Å². The van der Waals surface area contributed by atoms with Crippen LogP contribution in [0, 0.1) is 10.1 Å². The summed E-state index contributed by atoms with van der Waals surface area (Å²) in [4.78, 5) is 14.3. The minimum Gasteiger partial charge on any atom is -0.280 e. The van der Waals surface area contributed by atoms with Gasteiger partial charge < -0.3 is 0 Å². The molecule has 9 heteroatoms. The normalized spacial score (nSPS) is 11.2. The number of sulfonamides is 1. The first kappa shape index (κ1) is 19.8. The highest BCUT2D eigenvalue weighted by Gasteiger charge is 2.20. The number of anilines is 1. The van der Waals surface area contributed by atoms with Gasteiger partial charge in [-0.05, 0) is 54.8 Å². The van der Waals surface area contributed by atoms with Gasteiger partial charge in [-0.15, -0.1) is 0 Å². The molecule has 2 aromatic carbocycles. The van der Waals surface area contributed by atoms with E-state index in [1.54, 1.807) is 24.4 Å². The number of benzene rings is 2. The van der Waals surface area contributed by atoms with E-state index in [1.807, 2.05) is 24.3 Å². The summed E-state index contributed by atoms with van der Waals surface area (Å²) >= 11 is 5.75. The third-order valence-electron chi connectivity index (χ3n) is 4.00. The smallest absolute Gasteiger partial charge is 0.280 e. The molecule has 1 N–H and O–H groups in total. The summed E-state index contributed by atoms with van der Waals surface area (Å²) in [5.41, 5.74) is 1.79. The van der Waals surface area contributed by atoms with Gasteiger partial charge in [-0.2, -0.15) is 0 Å². The molecule has 1 aromatic heterocycles. The summed E-state index contributed by atoms with van der Waals surface area (Å²) in [6, 6.07) is 16.0. The summed E-state index contributed by atoms with van der Waals surface area (Å²) in [6.45, 7) is 0. The average Bonchev–Trinajstić information content (AvgIpc) is 2.67. The Balaban J connectivity index is 1.77. The third-order valence-corrected chi connectivity index (χ3v) is 5.70. The number of nitro groups is 1. The molecule has 0 aliphatic carbocycles. The zero-order chi connectivity index (χ0) is 20.1. The topological polar surface area (TPSA) is 102 Å². The van der Waals surface area contributed by atoms with Crippen LogP contribution in [0.5, 0.6) is 0 Å². The molecular weight excluding hydrogens is 402 g/mol. The number of aryl methyl sites for hydroxylation is 2. The van der Waals surface area contributed by atoms with E-state index < -0.39 is 20.6 Å². The van der Waals surface area contributed by atoms with Crippen LogP contribution in [0.25, 0.3) is 0 Å². The zero-order valence-corrected chi connectivity index (χ0v) is 16.2. The maximum Gasteiger partial charge on any atom is 0.289 e. The molecule has 7 nitrogen and oxygen atoms in total. The van der Waals surface area contributed by atoms with Crippen molar-refractivity contribution in [2.75, 3.05) is 4.72 Å². The number of hydrogen-bond donors (Lipinski definition) is 1.